The van der Waals surface area contributed by atoms with Crippen molar-refractivity contribution in [1.82, 2.24) is 0 Å². The molecule has 3 rings (SSSR count). The summed E-state index contributed by atoms with van der Waals surface area (Å²) in [6.07, 6.45) is 0. The highest BCUT2D eigenvalue weighted by Crippen LogP contribution is 2.47. The topological polar surface area (TPSA) is 73.9 Å². The second-order valence-electron chi connectivity index (χ2n) is 4.74. The fourth-order valence-corrected chi connectivity index (χ4v) is 2.80. The van der Waals surface area contributed by atoms with Gasteiger partial charge in [0.1, 0.15) is 17.7 Å². The molecule has 0 fully saturated rings. The van der Waals surface area contributed by atoms with Crippen LogP contribution in [0.4, 0.5) is 0 Å². The molecule has 0 saturated heterocycles. The molecule has 1 aliphatic rings. The van der Waals surface area contributed by atoms with Gasteiger partial charge in [-0.15, -0.1) is 0 Å². The minimum atomic E-state index is -0.441. The number of hydrogen-bond donors (Lipinski definition) is 0. The number of hydrogen-bond acceptors (Lipinski definition) is 4. The molecule has 2 aromatic rings. The van der Waals surface area contributed by atoms with Crippen molar-refractivity contribution >= 4 is 11.5 Å². The Bertz CT molecular complexity index is 895. The summed E-state index contributed by atoms with van der Waals surface area (Å²) in [6.45, 7) is 0. The molecule has 0 saturated carbocycles. The van der Waals surface area contributed by atoms with E-state index in [1.54, 1.807) is 12.1 Å². The lowest BCUT2D eigenvalue weighted by Gasteiger charge is -2.07. The summed E-state index contributed by atoms with van der Waals surface area (Å²) < 4.78 is 4.84. The van der Waals surface area contributed by atoms with Crippen molar-refractivity contribution in [2.45, 2.75) is 0 Å². The predicted molar refractivity (Wildman–Crippen MR) is 80.5 cm³/mol. The lowest BCUT2D eigenvalue weighted by molar-refractivity contribution is 0.0601. The third kappa shape index (κ3) is 1.79. The Balaban J connectivity index is 2.46. The number of allylic oxidation sites excluding steroid dienone is 1. The van der Waals surface area contributed by atoms with E-state index in [4.69, 9.17) is 4.74 Å². The first-order valence-corrected chi connectivity index (χ1v) is 6.59. The van der Waals surface area contributed by atoms with E-state index in [-0.39, 0.29) is 5.57 Å². The molecule has 1 aliphatic carbocycles. The number of methoxy groups -OCH3 is 1. The van der Waals surface area contributed by atoms with Crippen molar-refractivity contribution in [1.29, 1.82) is 10.5 Å². The van der Waals surface area contributed by atoms with Crippen molar-refractivity contribution in [3.8, 4) is 23.3 Å². The average Bonchev–Trinajstić information content (AvgIpc) is 2.90. The Morgan fingerprint density at radius 3 is 2.23 bits per heavy atom. The molecule has 0 bridgehead atoms. The normalized spacial score (nSPS) is 11.0. The summed E-state index contributed by atoms with van der Waals surface area (Å²) in [5, 5.41) is 18.5. The molecule has 2 aromatic carbocycles. The molecule has 0 heterocycles. The molecule has 0 unspecified atom stereocenters. The third-order valence-electron chi connectivity index (χ3n) is 3.68. The van der Waals surface area contributed by atoms with Crippen LogP contribution in [0.3, 0.4) is 0 Å². The molecule has 4 nitrogen and oxygen atoms in total. The maximum Gasteiger partial charge on any atom is 0.338 e. The van der Waals surface area contributed by atoms with Gasteiger partial charge in [0.2, 0.25) is 0 Å². The molecule has 0 N–H and O–H groups in total. The van der Waals surface area contributed by atoms with Crippen molar-refractivity contribution in [2.24, 2.45) is 0 Å². The fourth-order valence-electron chi connectivity index (χ4n) is 2.80. The third-order valence-corrected chi connectivity index (χ3v) is 3.68. The van der Waals surface area contributed by atoms with Gasteiger partial charge in [0.05, 0.1) is 12.7 Å². The van der Waals surface area contributed by atoms with Gasteiger partial charge in [0.25, 0.3) is 0 Å². The van der Waals surface area contributed by atoms with Crippen LogP contribution in [0.1, 0.15) is 21.5 Å². The number of benzene rings is 2. The van der Waals surface area contributed by atoms with E-state index in [1.807, 2.05) is 42.5 Å². The maximum absolute atomic E-state index is 12.0. The molecule has 0 amide bonds. The summed E-state index contributed by atoms with van der Waals surface area (Å²) in [5.74, 6) is -0.441. The van der Waals surface area contributed by atoms with E-state index >= 15 is 0 Å². The predicted octanol–water partition coefficient (Wildman–Crippen LogP) is 3.30. The van der Waals surface area contributed by atoms with Gasteiger partial charge in [-0.3, -0.25) is 0 Å². The van der Waals surface area contributed by atoms with Crippen LogP contribution in [-0.4, -0.2) is 13.1 Å². The molecule has 0 radical (unpaired) electrons. The van der Waals surface area contributed by atoms with Gasteiger partial charge in [-0.2, -0.15) is 10.5 Å². The van der Waals surface area contributed by atoms with Crippen LogP contribution in [0.25, 0.3) is 16.7 Å². The Kier molecular flexibility index (Phi) is 3.21. The Morgan fingerprint density at radius 2 is 1.59 bits per heavy atom. The number of carbonyl (C=O) groups is 1. The van der Waals surface area contributed by atoms with Crippen LogP contribution in [-0.2, 0) is 4.74 Å². The number of esters is 1. The molecule has 0 aromatic heterocycles. The van der Waals surface area contributed by atoms with Gasteiger partial charge >= 0.3 is 5.97 Å². The van der Waals surface area contributed by atoms with Crippen LogP contribution in [0, 0.1) is 22.7 Å². The Labute approximate surface area is 127 Å². The Morgan fingerprint density at radius 1 is 0.955 bits per heavy atom. The SMILES string of the molecule is COC(=O)c1cccc2c1-c1ccccc1C2=C(C#N)C#N. The van der Waals surface area contributed by atoms with Crippen molar-refractivity contribution < 1.29 is 9.53 Å². The molecule has 104 valence electrons. The largest absolute Gasteiger partial charge is 0.465 e. The van der Waals surface area contributed by atoms with Gasteiger partial charge in [-0.25, -0.2) is 4.79 Å². The van der Waals surface area contributed by atoms with Crippen LogP contribution in [0.15, 0.2) is 48.0 Å². The van der Waals surface area contributed by atoms with Gasteiger partial charge in [-0.1, -0.05) is 36.4 Å². The van der Waals surface area contributed by atoms with Crippen LogP contribution in [0.2, 0.25) is 0 Å². The molecular formula is C18H10N2O2. The molecule has 22 heavy (non-hydrogen) atoms. The van der Waals surface area contributed by atoms with E-state index in [0.717, 1.165) is 11.1 Å². The highest BCUT2D eigenvalue weighted by molar-refractivity contribution is 6.10. The van der Waals surface area contributed by atoms with E-state index in [2.05, 4.69) is 0 Å². The lowest BCUT2D eigenvalue weighted by Crippen LogP contribution is -2.03. The highest BCUT2D eigenvalue weighted by Gasteiger charge is 2.30. The standard InChI is InChI=1S/C18H10N2O2/c1-22-18(21)15-8-4-7-14-16(11(9-19)10-20)12-5-2-3-6-13(12)17(14)15/h2-8H,1H3. The van der Waals surface area contributed by atoms with Crippen molar-refractivity contribution in [3.05, 3.63) is 64.7 Å². The summed E-state index contributed by atoms with van der Waals surface area (Å²) in [7, 11) is 1.33. The highest BCUT2D eigenvalue weighted by atomic mass is 16.5. The summed E-state index contributed by atoms with van der Waals surface area (Å²) in [5.41, 5.74) is 4.07. The zero-order valence-electron chi connectivity index (χ0n) is 11.8. The molecule has 4 heteroatoms. The van der Waals surface area contributed by atoms with Crippen LogP contribution >= 0.6 is 0 Å². The second kappa shape index (κ2) is 5.20. The number of rotatable bonds is 1. The average molecular weight is 286 g/mol. The van der Waals surface area contributed by atoms with E-state index in [9.17, 15) is 15.3 Å². The monoisotopic (exact) mass is 286 g/mol. The quantitative estimate of drug-likeness (QED) is 0.508. The molecule has 0 atom stereocenters. The van der Waals surface area contributed by atoms with E-state index in [1.165, 1.54) is 7.11 Å². The molecular weight excluding hydrogens is 276 g/mol. The second-order valence-corrected chi connectivity index (χ2v) is 4.74. The minimum Gasteiger partial charge on any atom is -0.465 e. The maximum atomic E-state index is 12.0. The van der Waals surface area contributed by atoms with Gasteiger partial charge in [0.15, 0.2) is 0 Å². The van der Waals surface area contributed by atoms with Crippen molar-refractivity contribution in [3.63, 3.8) is 0 Å². The molecule has 0 spiro atoms. The minimum absolute atomic E-state index is 0.0354. The zero-order chi connectivity index (χ0) is 15.7. The number of nitrogens with zero attached hydrogens (tertiary/aromatic N) is 2. The zero-order valence-corrected chi connectivity index (χ0v) is 11.8. The summed E-state index contributed by atoms with van der Waals surface area (Å²) >= 11 is 0. The first kappa shape index (κ1) is 13.6. The first-order valence-electron chi connectivity index (χ1n) is 6.59. The number of fused-ring (bicyclic) bond motifs is 3. The Hall–Kier alpha value is -3.37. The van der Waals surface area contributed by atoms with Crippen LogP contribution < -0.4 is 0 Å². The van der Waals surface area contributed by atoms with E-state index < -0.39 is 5.97 Å². The van der Waals surface area contributed by atoms with Gasteiger partial charge < -0.3 is 4.74 Å². The van der Waals surface area contributed by atoms with Gasteiger partial charge in [-0.05, 0) is 22.8 Å². The van der Waals surface area contributed by atoms with Crippen LogP contribution in [0.5, 0.6) is 0 Å². The number of ether oxygens (including phenoxy) is 1. The van der Waals surface area contributed by atoms with Gasteiger partial charge in [0, 0.05) is 11.1 Å². The number of nitriles is 2. The van der Waals surface area contributed by atoms with E-state index in [0.29, 0.717) is 22.3 Å². The lowest BCUT2D eigenvalue weighted by atomic mass is 9.97. The molecule has 0 aliphatic heterocycles. The smallest absolute Gasteiger partial charge is 0.338 e. The summed E-state index contributed by atoms with van der Waals surface area (Å²) in [6, 6.07) is 16.5. The van der Waals surface area contributed by atoms with Crippen molar-refractivity contribution in [2.75, 3.05) is 7.11 Å². The fraction of sp³-hybridized carbons (Fsp3) is 0.0556. The number of carbonyl (C=O) groups excluding carboxylic acids is 1. The summed E-state index contributed by atoms with van der Waals surface area (Å²) in [4.78, 5) is 12.0. The first-order chi connectivity index (χ1) is 10.7.